The molecule has 2 aromatic rings. The summed E-state index contributed by atoms with van der Waals surface area (Å²) in [4.78, 5) is 20.7. The molecule has 2 rings (SSSR count). The third-order valence-electron chi connectivity index (χ3n) is 2.50. The molecule has 0 bridgehead atoms. The van der Waals surface area contributed by atoms with Gasteiger partial charge in [-0.15, -0.1) is 23.1 Å². The first-order valence-corrected chi connectivity index (χ1v) is 7.62. The van der Waals surface area contributed by atoms with Crippen LogP contribution in [0.5, 0.6) is 0 Å². The number of rotatable bonds is 4. The second-order valence-corrected chi connectivity index (χ2v) is 5.56. The molecule has 4 nitrogen and oxygen atoms in total. The van der Waals surface area contributed by atoms with Gasteiger partial charge in [-0.3, -0.25) is 4.79 Å². The molecule has 1 unspecified atom stereocenters. The van der Waals surface area contributed by atoms with E-state index in [0.29, 0.717) is 10.6 Å². The number of hydrogen-bond acceptors (Lipinski definition) is 6. The zero-order valence-electron chi connectivity index (χ0n) is 10.5. The molecule has 19 heavy (non-hydrogen) atoms. The molecule has 2 heterocycles. The summed E-state index contributed by atoms with van der Waals surface area (Å²) >= 11 is 2.80. The van der Waals surface area contributed by atoms with Crippen LogP contribution in [0.3, 0.4) is 0 Å². The lowest BCUT2D eigenvalue weighted by Crippen LogP contribution is -2.11. The van der Waals surface area contributed by atoms with E-state index in [2.05, 4.69) is 9.97 Å². The molecular formula is C13H11N3OS2. The fraction of sp³-hybridized carbons (Fsp3) is 0.231. The van der Waals surface area contributed by atoms with Gasteiger partial charge in [0, 0.05) is 22.8 Å². The van der Waals surface area contributed by atoms with Gasteiger partial charge in [0.15, 0.2) is 11.7 Å². The monoisotopic (exact) mass is 289 g/mol. The van der Waals surface area contributed by atoms with E-state index in [0.717, 1.165) is 10.7 Å². The Bertz CT molecular complexity index is 645. The summed E-state index contributed by atoms with van der Waals surface area (Å²) in [6.45, 7) is 1.84. The molecule has 0 aliphatic rings. The fourth-order valence-electron chi connectivity index (χ4n) is 1.57. The summed E-state index contributed by atoms with van der Waals surface area (Å²) < 4.78 is 0. The van der Waals surface area contributed by atoms with E-state index in [-0.39, 0.29) is 5.78 Å². The summed E-state index contributed by atoms with van der Waals surface area (Å²) in [6.07, 6.45) is 3.48. The molecule has 0 amide bonds. The van der Waals surface area contributed by atoms with Crippen molar-refractivity contribution in [3.8, 4) is 6.07 Å². The largest absolute Gasteiger partial charge is 0.292 e. The van der Waals surface area contributed by atoms with Crippen LogP contribution in [0.15, 0.2) is 28.7 Å². The summed E-state index contributed by atoms with van der Waals surface area (Å²) in [5.41, 5.74) is 1.33. The molecule has 0 radical (unpaired) electrons. The van der Waals surface area contributed by atoms with Gasteiger partial charge in [0.2, 0.25) is 0 Å². The molecule has 0 spiro atoms. The van der Waals surface area contributed by atoms with Crippen LogP contribution in [0, 0.1) is 18.3 Å². The number of nitriles is 1. The van der Waals surface area contributed by atoms with Crippen molar-refractivity contribution in [3.63, 3.8) is 0 Å². The van der Waals surface area contributed by atoms with Gasteiger partial charge in [-0.25, -0.2) is 9.97 Å². The highest BCUT2D eigenvalue weighted by Crippen LogP contribution is 2.24. The van der Waals surface area contributed by atoms with Gasteiger partial charge in [0.05, 0.1) is 11.1 Å². The van der Waals surface area contributed by atoms with Crippen molar-refractivity contribution in [2.45, 2.75) is 17.9 Å². The van der Waals surface area contributed by atoms with Gasteiger partial charge in [0.1, 0.15) is 5.01 Å². The summed E-state index contributed by atoms with van der Waals surface area (Å²) in [5, 5.41) is 12.4. The van der Waals surface area contributed by atoms with Gasteiger partial charge in [-0.1, -0.05) is 0 Å². The maximum Gasteiger partial charge on any atom is 0.187 e. The standard InChI is InChI=1S/C13H11N3OS2/c1-8-7-19-13(16-8)10(6-14)12(17)9-3-4-15-11(5-9)18-2/h3-5,7,10H,1-2H3. The van der Waals surface area contributed by atoms with Gasteiger partial charge in [0.25, 0.3) is 0 Å². The Morgan fingerprint density at radius 2 is 2.37 bits per heavy atom. The van der Waals surface area contributed by atoms with Gasteiger partial charge < -0.3 is 0 Å². The van der Waals surface area contributed by atoms with Crippen LogP contribution in [-0.4, -0.2) is 22.0 Å². The first-order chi connectivity index (χ1) is 9.15. The van der Waals surface area contributed by atoms with Crippen molar-refractivity contribution in [1.82, 2.24) is 9.97 Å². The van der Waals surface area contributed by atoms with E-state index in [1.165, 1.54) is 23.1 Å². The average molecular weight is 289 g/mol. The molecule has 2 aromatic heterocycles. The topological polar surface area (TPSA) is 66.6 Å². The minimum atomic E-state index is -0.837. The predicted molar refractivity (Wildman–Crippen MR) is 75.6 cm³/mol. The number of nitrogens with zero attached hydrogens (tertiary/aromatic N) is 3. The Morgan fingerprint density at radius 1 is 1.58 bits per heavy atom. The Morgan fingerprint density at radius 3 is 2.95 bits per heavy atom. The normalized spacial score (nSPS) is 11.8. The van der Waals surface area contributed by atoms with E-state index < -0.39 is 5.92 Å². The third-order valence-corrected chi connectivity index (χ3v) is 4.17. The molecule has 0 aliphatic heterocycles. The van der Waals surface area contributed by atoms with Crippen LogP contribution in [0.2, 0.25) is 0 Å². The minimum absolute atomic E-state index is 0.227. The number of thiazole rings is 1. The highest BCUT2D eigenvalue weighted by atomic mass is 32.2. The van der Waals surface area contributed by atoms with Crippen LogP contribution in [-0.2, 0) is 0 Å². The van der Waals surface area contributed by atoms with E-state index in [1.807, 2.05) is 24.6 Å². The summed E-state index contributed by atoms with van der Waals surface area (Å²) in [6, 6.07) is 5.38. The molecule has 0 fully saturated rings. The van der Waals surface area contributed by atoms with Crippen molar-refractivity contribution < 1.29 is 4.79 Å². The first-order valence-electron chi connectivity index (χ1n) is 5.51. The van der Waals surface area contributed by atoms with Crippen molar-refractivity contribution in [3.05, 3.63) is 40.0 Å². The van der Waals surface area contributed by atoms with E-state index in [1.54, 1.807) is 18.3 Å². The number of carbonyl (C=O) groups excluding carboxylic acids is 1. The molecular weight excluding hydrogens is 278 g/mol. The van der Waals surface area contributed by atoms with Crippen molar-refractivity contribution in [2.24, 2.45) is 0 Å². The van der Waals surface area contributed by atoms with Crippen LogP contribution >= 0.6 is 23.1 Å². The van der Waals surface area contributed by atoms with Gasteiger partial charge in [-0.05, 0) is 25.3 Å². The van der Waals surface area contributed by atoms with E-state index >= 15 is 0 Å². The predicted octanol–water partition coefficient (Wildman–Crippen LogP) is 3.06. The Kier molecular flexibility index (Phi) is 4.30. The second-order valence-electron chi connectivity index (χ2n) is 3.84. The Labute approximate surface area is 119 Å². The van der Waals surface area contributed by atoms with Crippen LogP contribution < -0.4 is 0 Å². The number of pyridine rings is 1. The summed E-state index contributed by atoms with van der Waals surface area (Å²) in [5.74, 6) is -1.06. The molecule has 96 valence electrons. The highest BCUT2D eigenvalue weighted by molar-refractivity contribution is 7.98. The molecule has 0 N–H and O–H groups in total. The lowest BCUT2D eigenvalue weighted by molar-refractivity contribution is 0.0978. The molecule has 0 aromatic carbocycles. The zero-order valence-corrected chi connectivity index (χ0v) is 12.1. The van der Waals surface area contributed by atoms with Crippen LogP contribution in [0.25, 0.3) is 0 Å². The second kappa shape index (κ2) is 5.95. The molecule has 0 saturated heterocycles. The Hall–Kier alpha value is -1.71. The van der Waals surface area contributed by atoms with Crippen LogP contribution in [0.4, 0.5) is 0 Å². The molecule has 1 atom stereocenters. The lowest BCUT2D eigenvalue weighted by atomic mass is 10.0. The number of hydrogen-bond donors (Lipinski definition) is 0. The Balaban J connectivity index is 2.33. The fourth-order valence-corrected chi connectivity index (χ4v) is 2.82. The smallest absolute Gasteiger partial charge is 0.187 e. The highest BCUT2D eigenvalue weighted by Gasteiger charge is 2.24. The molecule has 0 aliphatic carbocycles. The first kappa shape index (κ1) is 13.7. The molecule has 0 saturated carbocycles. The van der Waals surface area contributed by atoms with Crippen molar-refractivity contribution in [2.75, 3.05) is 6.26 Å². The zero-order chi connectivity index (χ0) is 13.8. The maximum atomic E-state index is 12.4. The molecule has 6 heteroatoms. The van der Waals surface area contributed by atoms with Gasteiger partial charge in [-0.2, -0.15) is 5.26 Å². The lowest BCUT2D eigenvalue weighted by Gasteiger charge is -2.05. The van der Waals surface area contributed by atoms with Gasteiger partial charge >= 0.3 is 0 Å². The SMILES string of the molecule is CSc1cc(C(=O)C(C#N)c2nc(C)cs2)ccn1. The minimum Gasteiger partial charge on any atom is -0.292 e. The quantitative estimate of drug-likeness (QED) is 0.639. The number of thioether (sulfide) groups is 1. The number of ketones is 1. The van der Waals surface area contributed by atoms with Crippen LogP contribution in [0.1, 0.15) is 27.0 Å². The van der Waals surface area contributed by atoms with E-state index in [4.69, 9.17) is 0 Å². The number of Topliss-reactive ketones (excluding diaryl/α,β-unsaturated/α-hetero) is 1. The van der Waals surface area contributed by atoms with Crippen molar-refractivity contribution >= 4 is 28.9 Å². The number of aryl methyl sites for hydroxylation is 1. The van der Waals surface area contributed by atoms with E-state index in [9.17, 15) is 10.1 Å². The maximum absolute atomic E-state index is 12.4. The van der Waals surface area contributed by atoms with Crippen molar-refractivity contribution in [1.29, 1.82) is 5.26 Å². The summed E-state index contributed by atoms with van der Waals surface area (Å²) in [7, 11) is 0. The average Bonchev–Trinajstić information content (AvgIpc) is 2.86. The number of carbonyl (C=O) groups is 1. The number of aromatic nitrogens is 2. The third kappa shape index (κ3) is 3.00.